The average Bonchev–Trinajstić information content (AvgIpc) is 2.47. The number of morpholine rings is 1. The third-order valence-corrected chi connectivity index (χ3v) is 3.33. The predicted molar refractivity (Wildman–Crippen MR) is 75.2 cm³/mol. The first-order valence-electron chi connectivity index (χ1n) is 6.55. The molecule has 5 nitrogen and oxygen atoms in total. The van der Waals surface area contributed by atoms with E-state index in [2.05, 4.69) is 39.8 Å². The number of likely N-dealkylation sites (N-methyl/N-ethyl adjacent to an activating group) is 1. The van der Waals surface area contributed by atoms with Crippen LogP contribution in [0.4, 0.5) is 5.69 Å². The van der Waals surface area contributed by atoms with E-state index in [0.717, 1.165) is 18.8 Å². The van der Waals surface area contributed by atoms with Gasteiger partial charge < -0.3 is 20.3 Å². The Labute approximate surface area is 113 Å². The van der Waals surface area contributed by atoms with Crippen molar-refractivity contribution in [2.24, 2.45) is 0 Å². The molecule has 1 saturated heterocycles. The lowest BCUT2D eigenvalue weighted by Crippen LogP contribution is -2.53. The lowest BCUT2D eigenvalue weighted by Gasteiger charge is -2.36. The molecule has 2 rings (SSSR count). The van der Waals surface area contributed by atoms with Crippen LogP contribution in [0.1, 0.15) is 5.56 Å². The monoisotopic (exact) mass is 263 g/mol. The zero-order valence-electron chi connectivity index (χ0n) is 11.5. The second-order valence-electron chi connectivity index (χ2n) is 4.60. The number of carbonyl (C=O) groups is 1. The lowest BCUT2D eigenvalue weighted by molar-refractivity contribution is -0.124. The van der Waals surface area contributed by atoms with Gasteiger partial charge in [-0.05, 0) is 24.7 Å². The van der Waals surface area contributed by atoms with Gasteiger partial charge in [0.05, 0.1) is 13.2 Å². The largest absolute Gasteiger partial charge is 0.377 e. The Bertz CT molecular complexity index is 419. The van der Waals surface area contributed by atoms with E-state index in [1.165, 1.54) is 5.56 Å². The minimum Gasteiger partial charge on any atom is -0.377 e. The molecule has 104 valence electrons. The minimum absolute atomic E-state index is 0.000925. The van der Waals surface area contributed by atoms with Gasteiger partial charge in [-0.2, -0.15) is 0 Å². The Morgan fingerprint density at radius 2 is 2.11 bits per heavy atom. The van der Waals surface area contributed by atoms with E-state index in [-0.39, 0.29) is 11.9 Å². The molecule has 1 aliphatic rings. The zero-order valence-corrected chi connectivity index (χ0v) is 11.5. The highest BCUT2D eigenvalue weighted by Crippen LogP contribution is 2.20. The Hall–Kier alpha value is -1.59. The summed E-state index contributed by atoms with van der Waals surface area (Å²) in [5.41, 5.74) is 2.30. The van der Waals surface area contributed by atoms with E-state index >= 15 is 0 Å². The number of rotatable bonds is 4. The zero-order chi connectivity index (χ0) is 13.7. The molecule has 0 saturated carbocycles. The van der Waals surface area contributed by atoms with E-state index in [4.69, 9.17) is 4.74 Å². The van der Waals surface area contributed by atoms with Crippen molar-refractivity contribution in [3.8, 4) is 0 Å². The second-order valence-corrected chi connectivity index (χ2v) is 4.60. The number of ether oxygens (including phenoxy) is 1. The summed E-state index contributed by atoms with van der Waals surface area (Å²) in [6.45, 7) is 2.69. The Morgan fingerprint density at radius 1 is 1.37 bits per heavy atom. The molecule has 1 atom stereocenters. The number of nitrogens with zero attached hydrogens (tertiary/aromatic N) is 1. The summed E-state index contributed by atoms with van der Waals surface area (Å²) >= 11 is 0. The summed E-state index contributed by atoms with van der Waals surface area (Å²) in [5, 5.41) is 5.82. The summed E-state index contributed by atoms with van der Waals surface area (Å²) in [5.74, 6) is -0.000925. The molecule has 1 aromatic rings. The summed E-state index contributed by atoms with van der Waals surface area (Å²) in [6.07, 6.45) is 0. The standard InChI is InChI=1S/C14H21N3O2/c1-15-9-11-3-5-12(6-4-11)17-7-8-19-10-13(17)14(18)16-2/h3-6,13,15H,7-10H2,1-2H3,(H,16,18). The quantitative estimate of drug-likeness (QED) is 0.823. The number of carbonyl (C=O) groups excluding carboxylic acids is 1. The van der Waals surface area contributed by atoms with E-state index in [1.54, 1.807) is 7.05 Å². The third kappa shape index (κ3) is 3.24. The summed E-state index contributed by atoms with van der Waals surface area (Å²) in [7, 11) is 3.59. The molecule has 0 radical (unpaired) electrons. The molecule has 1 heterocycles. The number of nitrogens with one attached hydrogen (secondary N) is 2. The molecule has 1 unspecified atom stereocenters. The predicted octanol–water partition coefficient (Wildman–Crippen LogP) is 0.357. The van der Waals surface area contributed by atoms with Crippen LogP contribution in [0.15, 0.2) is 24.3 Å². The molecule has 2 N–H and O–H groups in total. The smallest absolute Gasteiger partial charge is 0.244 e. The van der Waals surface area contributed by atoms with Gasteiger partial charge >= 0.3 is 0 Å². The van der Waals surface area contributed by atoms with E-state index in [9.17, 15) is 4.79 Å². The van der Waals surface area contributed by atoms with Crippen molar-refractivity contribution < 1.29 is 9.53 Å². The first-order valence-corrected chi connectivity index (χ1v) is 6.55. The fraction of sp³-hybridized carbons (Fsp3) is 0.500. The van der Waals surface area contributed by atoms with Crippen LogP contribution in [0, 0.1) is 0 Å². The molecule has 0 aromatic heterocycles. The van der Waals surface area contributed by atoms with Gasteiger partial charge in [-0.3, -0.25) is 4.79 Å². The molecule has 1 fully saturated rings. The third-order valence-electron chi connectivity index (χ3n) is 3.33. The van der Waals surface area contributed by atoms with Crippen LogP contribution >= 0.6 is 0 Å². The lowest BCUT2D eigenvalue weighted by atomic mass is 10.1. The van der Waals surface area contributed by atoms with Crippen LogP contribution in [0.25, 0.3) is 0 Å². The maximum Gasteiger partial charge on any atom is 0.244 e. The van der Waals surface area contributed by atoms with E-state index in [0.29, 0.717) is 13.2 Å². The van der Waals surface area contributed by atoms with Gasteiger partial charge in [-0.1, -0.05) is 12.1 Å². The number of anilines is 1. The van der Waals surface area contributed by atoms with Gasteiger partial charge in [0.2, 0.25) is 5.91 Å². The second kappa shape index (κ2) is 6.54. The molecule has 5 heteroatoms. The molecule has 0 bridgehead atoms. The summed E-state index contributed by atoms with van der Waals surface area (Å²) < 4.78 is 5.41. The van der Waals surface area contributed by atoms with Crippen molar-refractivity contribution in [2.45, 2.75) is 12.6 Å². The number of hydrogen-bond acceptors (Lipinski definition) is 4. The van der Waals surface area contributed by atoms with E-state index < -0.39 is 0 Å². The number of amides is 1. The highest BCUT2D eigenvalue weighted by molar-refractivity contribution is 5.85. The summed E-state index contributed by atoms with van der Waals surface area (Å²) in [6, 6.07) is 8.06. The normalized spacial score (nSPS) is 19.3. The minimum atomic E-state index is -0.242. The van der Waals surface area contributed by atoms with E-state index in [1.807, 2.05) is 7.05 Å². The highest BCUT2D eigenvalue weighted by atomic mass is 16.5. The molecular formula is C14H21N3O2. The van der Waals surface area contributed by atoms with Crippen molar-refractivity contribution in [3.05, 3.63) is 29.8 Å². The van der Waals surface area contributed by atoms with Crippen LogP contribution in [0.5, 0.6) is 0 Å². The van der Waals surface area contributed by atoms with Gasteiger partial charge in [0.25, 0.3) is 0 Å². The van der Waals surface area contributed by atoms with Crippen molar-refractivity contribution in [3.63, 3.8) is 0 Å². The molecule has 0 aliphatic carbocycles. The van der Waals surface area contributed by atoms with Crippen LogP contribution < -0.4 is 15.5 Å². The molecule has 1 aromatic carbocycles. The van der Waals surface area contributed by atoms with Crippen molar-refractivity contribution in [1.82, 2.24) is 10.6 Å². The topological polar surface area (TPSA) is 53.6 Å². The Morgan fingerprint density at radius 3 is 2.74 bits per heavy atom. The highest BCUT2D eigenvalue weighted by Gasteiger charge is 2.28. The van der Waals surface area contributed by atoms with Crippen LogP contribution in [0.2, 0.25) is 0 Å². The molecule has 19 heavy (non-hydrogen) atoms. The maximum absolute atomic E-state index is 11.9. The van der Waals surface area contributed by atoms with Gasteiger partial charge in [0, 0.05) is 25.8 Å². The molecular weight excluding hydrogens is 242 g/mol. The SMILES string of the molecule is CNCc1ccc(N2CCOCC2C(=O)NC)cc1. The molecule has 0 spiro atoms. The van der Waals surface area contributed by atoms with Crippen molar-refractivity contribution in [1.29, 1.82) is 0 Å². The maximum atomic E-state index is 11.9. The molecule has 1 aliphatic heterocycles. The van der Waals surface area contributed by atoms with Crippen molar-refractivity contribution in [2.75, 3.05) is 38.8 Å². The van der Waals surface area contributed by atoms with Crippen LogP contribution in [-0.4, -0.2) is 45.8 Å². The molecule has 1 amide bonds. The first kappa shape index (κ1) is 13.8. The fourth-order valence-corrected chi connectivity index (χ4v) is 2.31. The van der Waals surface area contributed by atoms with Crippen LogP contribution in [0.3, 0.4) is 0 Å². The Kier molecular flexibility index (Phi) is 4.76. The van der Waals surface area contributed by atoms with Gasteiger partial charge in [0.15, 0.2) is 0 Å². The van der Waals surface area contributed by atoms with Gasteiger partial charge in [0.1, 0.15) is 6.04 Å². The number of hydrogen-bond donors (Lipinski definition) is 2. The van der Waals surface area contributed by atoms with Crippen molar-refractivity contribution >= 4 is 11.6 Å². The average molecular weight is 263 g/mol. The summed E-state index contributed by atoms with van der Waals surface area (Å²) in [4.78, 5) is 14.0. The van der Waals surface area contributed by atoms with Crippen LogP contribution in [-0.2, 0) is 16.1 Å². The fourth-order valence-electron chi connectivity index (χ4n) is 2.31. The Balaban J connectivity index is 2.15. The van der Waals surface area contributed by atoms with Gasteiger partial charge in [-0.15, -0.1) is 0 Å². The number of benzene rings is 1. The first-order chi connectivity index (χ1) is 9.26. The van der Waals surface area contributed by atoms with Gasteiger partial charge in [-0.25, -0.2) is 0 Å².